The van der Waals surface area contributed by atoms with Crippen molar-refractivity contribution in [1.29, 1.82) is 0 Å². The van der Waals surface area contributed by atoms with Crippen LogP contribution >= 0.6 is 22.9 Å². The van der Waals surface area contributed by atoms with Crippen LogP contribution in [0.15, 0.2) is 30.3 Å². The van der Waals surface area contributed by atoms with Crippen molar-refractivity contribution in [3.63, 3.8) is 0 Å². The third-order valence-corrected chi connectivity index (χ3v) is 5.94. The quantitative estimate of drug-likeness (QED) is 0.674. The van der Waals surface area contributed by atoms with E-state index in [0.29, 0.717) is 39.2 Å². The molecule has 134 valence electrons. The van der Waals surface area contributed by atoms with Gasteiger partial charge in [-0.2, -0.15) is 0 Å². The summed E-state index contributed by atoms with van der Waals surface area (Å²) in [6.07, 6.45) is 0. The van der Waals surface area contributed by atoms with Gasteiger partial charge in [-0.1, -0.05) is 29.0 Å². The Balaban J connectivity index is 1.58. The zero-order valence-electron chi connectivity index (χ0n) is 13.8. The van der Waals surface area contributed by atoms with E-state index >= 15 is 0 Å². The zero-order valence-corrected chi connectivity index (χ0v) is 15.4. The Bertz CT molecular complexity index is 1000. The summed E-state index contributed by atoms with van der Waals surface area (Å²) >= 11 is 7.19. The smallest absolute Gasteiger partial charge is 0.309 e. The van der Waals surface area contributed by atoms with Crippen molar-refractivity contribution < 1.29 is 14.3 Å². The number of thiazole rings is 1. The molecular weight excluding hydrogens is 377 g/mol. The minimum atomic E-state index is -0.778. The number of carbonyl (C=O) groups is 1. The van der Waals surface area contributed by atoms with Crippen molar-refractivity contribution in [3.8, 4) is 10.6 Å². The standard InChI is InChI=1S/C18H15ClFN3O2S/c1-9(23-7-11(8-23)18(24)25)10-2-3-12(13(20)6-10)16-21-14-4-5-15(19)22-17(14)26-16/h2-6,9,11H,7-8H2,1H3,(H,24,25). The normalized spacial score (nSPS) is 16.6. The molecule has 1 aromatic carbocycles. The Labute approximate surface area is 158 Å². The van der Waals surface area contributed by atoms with Gasteiger partial charge in [-0.25, -0.2) is 14.4 Å². The van der Waals surface area contributed by atoms with E-state index in [9.17, 15) is 9.18 Å². The highest BCUT2D eigenvalue weighted by Gasteiger charge is 2.35. The molecule has 26 heavy (non-hydrogen) atoms. The van der Waals surface area contributed by atoms with Gasteiger partial charge in [0.2, 0.25) is 0 Å². The van der Waals surface area contributed by atoms with E-state index in [1.807, 2.05) is 17.9 Å². The summed E-state index contributed by atoms with van der Waals surface area (Å²) in [6, 6.07) is 8.47. The van der Waals surface area contributed by atoms with Gasteiger partial charge in [-0.3, -0.25) is 9.69 Å². The minimum Gasteiger partial charge on any atom is -0.481 e. The molecule has 0 radical (unpaired) electrons. The van der Waals surface area contributed by atoms with Gasteiger partial charge in [0.25, 0.3) is 0 Å². The number of hydrogen-bond acceptors (Lipinski definition) is 5. The number of pyridine rings is 1. The molecule has 3 aromatic rings. The number of hydrogen-bond donors (Lipinski definition) is 1. The number of carboxylic acids is 1. The summed E-state index contributed by atoms with van der Waals surface area (Å²) < 4.78 is 14.7. The Morgan fingerprint density at radius 2 is 2.12 bits per heavy atom. The van der Waals surface area contributed by atoms with Crippen molar-refractivity contribution >= 4 is 39.3 Å². The lowest BCUT2D eigenvalue weighted by Crippen LogP contribution is -2.51. The lowest BCUT2D eigenvalue weighted by molar-refractivity contribution is -0.148. The summed E-state index contributed by atoms with van der Waals surface area (Å²) in [5.41, 5.74) is 1.93. The molecule has 0 saturated carbocycles. The van der Waals surface area contributed by atoms with Crippen LogP contribution in [-0.4, -0.2) is 39.0 Å². The summed E-state index contributed by atoms with van der Waals surface area (Å²) in [5.74, 6) is -1.46. The highest BCUT2D eigenvalue weighted by atomic mass is 35.5. The number of fused-ring (bicyclic) bond motifs is 1. The maximum absolute atomic E-state index is 14.7. The van der Waals surface area contributed by atoms with Gasteiger partial charge < -0.3 is 5.11 Å². The summed E-state index contributed by atoms with van der Waals surface area (Å²) in [5, 5.41) is 9.92. The molecule has 3 heterocycles. The SMILES string of the molecule is CC(c1ccc(-c2nc3ccc(Cl)nc3s2)c(F)c1)N1CC(C(=O)O)C1. The first-order valence-electron chi connectivity index (χ1n) is 8.12. The number of carboxylic acid groups (broad SMARTS) is 1. The molecule has 1 atom stereocenters. The number of nitrogens with zero attached hydrogens (tertiary/aromatic N) is 3. The first-order chi connectivity index (χ1) is 12.4. The molecule has 1 unspecified atom stereocenters. The van der Waals surface area contributed by atoms with Crippen molar-refractivity contribution in [3.05, 3.63) is 46.9 Å². The topological polar surface area (TPSA) is 66.3 Å². The van der Waals surface area contributed by atoms with Crippen LogP contribution in [0.1, 0.15) is 18.5 Å². The zero-order chi connectivity index (χ0) is 18.4. The second kappa shape index (κ2) is 6.57. The molecule has 1 saturated heterocycles. The summed E-state index contributed by atoms with van der Waals surface area (Å²) in [7, 11) is 0. The van der Waals surface area contributed by atoms with Crippen LogP contribution in [0.25, 0.3) is 20.9 Å². The van der Waals surface area contributed by atoms with Crippen LogP contribution in [0.5, 0.6) is 0 Å². The van der Waals surface area contributed by atoms with Crippen LogP contribution in [0.4, 0.5) is 4.39 Å². The molecule has 0 amide bonds. The van der Waals surface area contributed by atoms with E-state index < -0.39 is 5.97 Å². The highest BCUT2D eigenvalue weighted by molar-refractivity contribution is 7.21. The third kappa shape index (κ3) is 3.06. The van der Waals surface area contributed by atoms with Gasteiger partial charge in [-0.15, -0.1) is 0 Å². The van der Waals surface area contributed by atoms with Crippen LogP contribution in [-0.2, 0) is 4.79 Å². The van der Waals surface area contributed by atoms with Crippen molar-refractivity contribution in [2.45, 2.75) is 13.0 Å². The molecule has 0 spiro atoms. The van der Waals surface area contributed by atoms with Crippen LogP contribution in [0, 0.1) is 11.7 Å². The molecule has 8 heteroatoms. The highest BCUT2D eigenvalue weighted by Crippen LogP contribution is 2.34. The molecule has 4 rings (SSSR count). The van der Waals surface area contributed by atoms with Crippen LogP contribution < -0.4 is 0 Å². The second-order valence-corrected chi connectivity index (χ2v) is 7.75. The lowest BCUT2D eigenvalue weighted by atomic mass is 9.95. The minimum absolute atomic E-state index is 0.0370. The maximum Gasteiger partial charge on any atom is 0.309 e. The largest absolute Gasteiger partial charge is 0.481 e. The predicted molar refractivity (Wildman–Crippen MR) is 98.9 cm³/mol. The number of aromatic nitrogens is 2. The average Bonchev–Trinajstić information content (AvgIpc) is 2.95. The monoisotopic (exact) mass is 391 g/mol. The predicted octanol–water partition coefficient (Wildman–Crippen LogP) is 4.23. The molecule has 5 nitrogen and oxygen atoms in total. The third-order valence-electron chi connectivity index (χ3n) is 4.73. The van der Waals surface area contributed by atoms with Gasteiger partial charge >= 0.3 is 5.97 Å². The number of likely N-dealkylation sites (tertiary alicyclic amines) is 1. The van der Waals surface area contributed by atoms with E-state index in [-0.39, 0.29) is 17.8 Å². The summed E-state index contributed by atoms with van der Waals surface area (Å²) in [6.45, 7) is 2.93. The molecular formula is C18H15ClFN3O2S. The van der Waals surface area contributed by atoms with E-state index in [2.05, 4.69) is 9.97 Å². The van der Waals surface area contributed by atoms with Gasteiger partial charge in [-0.05, 0) is 36.8 Å². The van der Waals surface area contributed by atoms with Crippen molar-refractivity contribution in [2.24, 2.45) is 5.92 Å². The van der Waals surface area contributed by atoms with E-state index in [4.69, 9.17) is 16.7 Å². The van der Waals surface area contributed by atoms with Gasteiger partial charge in [0.15, 0.2) is 0 Å². The van der Waals surface area contributed by atoms with Crippen LogP contribution in [0.3, 0.4) is 0 Å². The Morgan fingerprint density at radius 3 is 2.81 bits per heavy atom. The fourth-order valence-electron chi connectivity index (χ4n) is 3.07. The molecule has 1 aliphatic rings. The van der Waals surface area contributed by atoms with Gasteiger partial charge in [0.05, 0.1) is 5.92 Å². The van der Waals surface area contributed by atoms with Crippen molar-refractivity contribution in [2.75, 3.05) is 13.1 Å². The maximum atomic E-state index is 14.7. The van der Waals surface area contributed by atoms with E-state index in [0.717, 1.165) is 5.56 Å². The Morgan fingerprint density at radius 1 is 1.35 bits per heavy atom. The second-order valence-electron chi connectivity index (χ2n) is 6.38. The van der Waals surface area contributed by atoms with Crippen molar-refractivity contribution in [1.82, 2.24) is 14.9 Å². The number of benzene rings is 1. The molecule has 1 fully saturated rings. The molecule has 1 aliphatic heterocycles. The van der Waals surface area contributed by atoms with E-state index in [1.165, 1.54) is 17.4 Å². The Kier molecular flexibility index (Phi) is 4.38. The van der Waals surface area contributed by atoms with Gasteiger partial charge in [0, 0.05) is 24.7 Å². The van der Waals surface area contributed by atoms with Gasteiger partial charge in [0.1, 0.15) is 26.3 Å². The number of halogens is 2. The molecule has 1 N–H and O–H groups in total. The van der Waals surface area contributed by atoms with Crippen LogP contribution in [0.2, 0.25) is 5.15 Å². The lowest BCUT2D eigenvalue weighted by Gasteiger charge is -2.41. The average molecular weight is 392 g/mol. The number of rotatable bonds is 4. The fraction of sp³-hybridized carbons (Fsp3) is 0.278. The molecule has 2 aromatic heterocycles. The first-order valence-corrected chi connectivity index (χ1v) is 9.31. The van der Waals surface area contributed by atoms with E-state index in [1.54, 1.807) is 18.2 Å². The first kappa shape index (κ1) is 17.3. The molecule has 0 aliphatic carbocycles. The summed E-state index contributed by atoms with van der Waals surface area (Å²) in [4.78, 5) is 22.3. The molecule has 0 bridgehead atoms. The Hall–Kier alpha value is -2.09. The fourth-order valence-corrected chi connectivity index (χ4v) is 4.23. The number of aliphatic carboxylic acids is 1.